The van der Waals surface area contributed by atoms with E-state index in [-0.39, 0.29) is 5.91 Å². The van der Waals surface area contributed by atoms with Gasteiger partial charge in [0.2, 0.25) is 0 Å². The van der Waals surface area contributed by atoms with Crippen molar-refractivity contribution >= 4 is 22.4 Å². The van der Waals surface area contributed by atoms with Crippen molar-refractivity contribution in [1.82, 2.24) is 4.98 Å². The summed E-state index contributed by atoms with van der Waals surface area (Å²) in [5.41, 5.74) is 1.16. The van der Waals surface area contributed by atoms with Gasteiger partial charge in [-0.2, -0.15) is 0 Å². The molecule has 1 amide bonds. The lowest BCUT2D eigenvalue weighted by Crippen LogP contribution is -2.10. The third-order valence-electron chi connectivity index (χ3n) is 3.06. The summed E-state index contributed by atoms with van der Waals surface area (Å²) < 4.78 is 5.05. The van der Waals surface area contributed by atoms with E-state index in [1.165, 1.54) is 30.4 Å². The lowest BCUT2D eigenvalue weighted by atomic mass is 10.2. The van der Waals surface area contributed by atoms with Crippen molar-refractivity contribution in [2.24, 2.45) is 0 Å². The van der Waals surface area contributed by atoms with Crippen LogP contribution in [0, 0.1) is 0 Å². The molecular weight excluding hydrogens is 248 g/mol. The molecule has 4 nitrogen and oxygen atoms in total. The number of anilines is 1. The maximum absolute atomic E-state index is 11.8. The summed E-state index contributed by atoms with van der Waals surface area (Å²) in [7, 11) is 0. The van der Waals surface area contributed by atoms with Gasteiger partial charge in [0.25, 0.3) is 5.91 Å². The normalized spacial score (nSPS) is 14.9. The Labute approximate surface area is 109 Å². The Morgan fingerprint density at radius 2 is 2.22 bits per heavy atom. The molecular formula is C13H14N2O2S. The van der Waals surface area contributed by atoms with E-state index in [2.05, 4.69) is 10.3 Å². The molecule has 94 valence electrons. The minimum Gasteiger partial charge on any atom is -0.459 e. The highest BCUT2D eigenvalue weighted by molar-refractivity contribution is 7.15. The maximum Gasteiger partial charge on any atom is 0.293 e. The van der Waals surface area contributed by atoms with Gasteiger partial charge in [-0.1, -0.05) is 6.42 Å². The van der Waals surface area contributed by atoms with E-state index in [4.69, 9.17) is 4.42 Å². The van der Waals surface area contributed by atoms with Gasteiger partial charge in [0.05, 0.1) is 12.0 Å². The van der Waals surface area contributed by atoms with E-state index >= 15 is 0 Å². The van der Waals surface area contributed by atoms with E-state index in [9.17, 15) is 4.79 Å². The van der Waals surface area contributed by atoms with Crippen LogP contribution < -0.4 is 5.32 Å². The fourth-order valence-electron chi connectivity index (χ4n) is 2.15. The van der Waals surface area contributed by atoms with E-state index in [0.29, 0.717) is 10.9 Å². The Kier molecular flexibility index (Phi) is 3.15. The highest BCUT2D eigenvalue weighted by atomic mass is 32.1. The lowest BCUT2D eigenvalue weighted by molar-refractivity contribution is 0.0996. The summed E-state index contributed by atoms with van der Waals surface area (Å²) in [5.74, 6) is 0.0873. The zero-order valence-corrected chi connectivity index (χ0v) is 10.8. The second-order valence-electron chi connectivity index (χ2n) is 4.38. The van der Waals surface area contributed by atoms with E-state index < -0.39 is 0 Å². The van der Waals surface area contributed by atoms with Gasteiger partial charge in [0, 0.05) is 4.88 Å². The quantitative estimate of drug-likeness (QED) is 0.845. The van der Waals surface area contributed by atoms with Gasteiger partial charge in [-0.15, -0.1) is 11.3 Å². The van der Waals surface area contributed by atoms with Crippen molar-refractivity contribution in [2.75, 3.05) is 5.32 Å². The SMILES string of the molecule is O=C(Nc1nc2c(s1)CCCCC2)c1ccco1. The van der Waals surface area contributed by atoms with E-state index in [0.717, 1.165) is 18.5 Å². The third-order valence-corrected chi connectivity index (χ3v) is 4.13. The number of furan rings is 1. The van der Waals surface area contributed by atoms with Gasteiger partial charge < -0.3 is 4.42 Å². The molecule has 1 N–H and O–H groups in total. The highest BCUT2D eigenvalue weighted by Crippen LogP contribution is 2.29. The number of fused-ring (bicyclic) bond motifs is 1. The van der Waals surface area contributed by atoms with Gasteiger partial charge >= 0.3 is 0 Å². The fraction of sp³-hybridized carbons (Fsp3) is 0.385. The zero-order valence-electron chi connectivity index (χ0n) is 9.94. The number of rotatable bonds is 2. The van der Waals surface area contributed by atoms with E-state index in [1.54, 1.807) is 23.5 Å². The predicted octanol–water partition coefficient (Wildman–Crippen LogP) is 3.26. The average molecular weight is 262 g/mol. The molecule has 2 aromatic heterocycles. The van der Waals surface area contributed by atoms with E-state index in [1.807, 2.05) is 0 Å². The lowest BCUT2D eigenvalue weighted by Gasteiger charge is -1.97. The summed E-state index contributed by atoms with van der Waals surface area (Å²) >= 11 is 1.59. The molecule has 0 atom stereocenters. The van der Waals surface area contributed by atoms with Crippen LogP contribution in [0.3, 0.4) is 0 Å². The fourth-order valence-corrected chi connectivity index (χ4v) is 3.19. The van der Waals surface area contributed by atoms with Crippen LogP contribution in [0.25, 0.3) is 0 Å². The van der Waals surface area contributed by atoms with Crippen molar-refractivity contribution in [3.05, 3.63) is 34.7 Å². The average Bonchev–Trinajstić information content (AvgIpc) is 2.96. The predicted molar refractivity (Wildman–Crippen MR) is 70.0 cm³/mol. The van der Waals surface area contributed by atoms with Crippen molar-refractivity contribution in [3.63, 3.8) is 0 Å². The van der Waals surface area contributed by atoms with Crippen molar-refractivity contribution < 1.29 is 9.21 Å². The first-order valence-electron chi connectivity index (χ1n) is 6.16. The minimum atomic E-state index is -0.232. The Morgan fingerprint density at radius 1 is 1.33 bits per heavy atom. The number of carbonyl (C=O) groups is 1. The molecule has 2 aromatic rings. The summed E-state index contributed by atoms with van der Waals surface area (Å²) in [5, 5.41) is 3.48. The molecule has 5 heteroatoms. The molecule has 0 saturated heterocycles. The molecule has 3 rings (SSSR count). The summed E-state index contributed by atoms with van der Waals surface area (Å²) in [6.45, 7) is 0. The van der Waals surface area contributed by atoms with Crippen LogP contribution in [0.4, 0.5) is 5.13 Å². The Bertz CT molecular complexity index is 522. The largest absolute Gasteiger partial charge is 0.459 e. The van der Waals surface area contributed by atoms with Crippen molar-refractivity contribution in [2.45, 2.75) is 32.1 Å². The Balaban J connectivity index is 1.76. The molecule has 0 aliphatic heterocycles. The molecule has 0 bridgehead atoms. The Morgan fingerprint density at radius 3 is 3.06 bits per heavy atom. The summed E-state index contributed by atoms with van der Waals surface area (Å²) in [6, 6.07) is 3.35. The molecule has 1 aliphatic rings. The summed E-state index contributed by atoms with van der Waals surface area (Å²) in [6.07, 6.45) is 7.30. The number of hydrogen-bond acceptors (Lipinski definition) is 4. The van der Waals surface area contributed by atoms with Crippen LogP contribution in [0.15, 0.2) is 22.8 Å². The topological polar surface area (TPSA) is 55.1 Å². The first kappa shape index (κ1) is 11.5. The second-order valence-corrected chi connectivity index (χ2v) is 5.46. The molecule has 2 heterocycles. The molecule has 0 unspecified atom stereocenters. The molecule has 0 radical (unpaired) electrons. The standard InChI is InChI=1S/C13H14N2O2S/c16-12(10-6-4-8-17-10)15-13-14-9-5-2-1-3-7-11(9)18-13/h4,6,8H,1-3,5,7H2,(H,14,15,16). The number of aryl methyl sites for hydroxylation is 2. The molecule has 0 spiro atoms. The number of nitrogens with zero attached hydrogens (tertiary/aromatic N) is 1. The van der Waals surface area contributed by atoms with Gasteiger partial charge in [-0.3, -0.25) is 10.1 Å². The third kappa shape index (κ3) is 2.31. The van der Waals surface area contributed by atoms with Gasteiger partial charge in [-0.05, 0) is 37.8 Å². The van der Waals surface area contributed by atoms with Crippen LogP contribution >= 0.6 is 11.3 Å². The minimum absolute atomic E-state index is 0.232. The van der Waals surface area contributed by atoms with Crippen LogP contribution in [0.2, 0.25) is 0 Å². The van der Waals surface area contributed by atoms with Gasteiger partial charge in [0.1, 0.15) is 0 Å². The number of hydrogen-bond donors (Lipinski definition) is 1. The van der Waals surface area contributed by atoms with Crippen molar-refractivity contribution in [3.8, 4) is 0 Å². The molecule has 0 fully saturated rings. The monoisotopic (exact) mass is 262 g/mol. The smallest absolute Gasteiger partial charge is 0.293 e. The molecule has 18 heavy (non-hydrogen) atoms. The Hall–Kier alpha value is -1.62. The number of nitrogens with one attached hydrogen (secondary N) is 1. The molecule has 1 aliphatic carbocycles. The highest BCUT2D eigenvalue weighted by Gasteiger charge is 2.16. The van der Waals surface area contributed by atoms with Crippen LogP contribution in [0.5, 0.6) is 0 Å². The molecule has 0 saturated carbocycles. The second kappa shape index (κ2) is 4.94. The molecule has 0 aromatic carbocycles. The summed E-state index contributed by atoms with van der Waals surface area (Å²) in [4.78, 5) is 17.6. The number of aromatic nitrogens is 1. The van der Waals surface area contributed by atoms with Crippen LogP contribution in [-0.4, -0.2) is 10.9 Å². The van der Waals surface area contributed by atoms with Gasteiger partial charge in [0.15, 0.2) is 10.9 Å². The number of amides is 1. The first-order valence-corrected chi connectivity index (χ1v) is 6.98. The zero-order chi connectivity index (χ0) is 12.4. The van der Waals surface area contributed by atoms with Gasteiger partial charge in [-0.25, -0.2) is 4.98 Å². The first-order chi connectivity index (χ1) is 8.83. The number of carbonyl (C=O) groups excluding carboxylic acids is 1. The maximum atomic E-state index is 11.8. The van der Waals surface area contributed by atoms with Crippen LogP contribution in [0.1, 0.15) is 40.4 Å². The number of thiazole rings is 1. The van der Waals surface area contributed by atoms with Crippen LogP contribution in [-0.2, 0) is 12.8 Å². The van der Waals surface area contributed by atoms with Crippen molar-refractivity contribution in [1.29, 1.82) is 0 Å².